The lowest BCUT2D eigenvalue weighted by Gasteiger charge is -2.11. The smallest absolute Gasteiger partial charge is 0.0717 e. The summed E-state index contributed by atoms with van der Waals surface area (Å²) in [6.45, 7) is 3.55. The van der Waals surface area contributed by atoms with Crippen LogP contribution in [0.5, 0.6) is 0 Å². The summed E-state index contributed by atoms with van der Waals surface area (Å²) in [6.07, 6.45) is 0.964. The second-order valence-electron chi connectivity index (χ2n) is 3.46. The van der Waals surface area contributed by atoms with E-state index in [4.69, 9.17) is 9.84 Å². The molecule has 14 heavy (non-hydrogen) atoms. The molecule has 0 fully saturated rings. The molecule has 1 aromatic rings. The highest BCUT2D eigenvalue weighted by molar-refractivity contribution is 5.13. The van der Waals surface area contributed by atoms with Gasteiger partial charge in [-0.3, -0.25) is 0 Å². The van der Waals surface area contributed by atoms with Gasteiger partial charge in [0.25, 0.3) is 0 Å². The van der Waals surface area contributed by atoms with Crippen LogP contribution in [0.2, 0.25) is 0 Å². The molecule has 0 heterocycles. The molecule has 78 valence electrons. The Hall–Kier alpha value is -0.860. The molecule has 0 radical (unpaired) electrons. The van der Waals surface area contributed by atoms with E-state index in [0.717, 1.165) is 6.42 Å². The van der Waals surface area contributed by atoms with Gasteiger partial charge in [-0.15, -0.1) is 0 Å². The summed E-state index contributed by atoms with van der Waals surface area (Å²) < 4.78 is 5.50. The van der Waals surface area contributed by atoms with Gasteiger partial charge in [0.15, 0.2) is 0 Å². The van der Waals surface area contributed by atoms with Crippen molar-refractivity contribution in [1.82, 2.24) is 0 Å². The molecule has 2 nitrogen and oxygen atoms in total. The number of benzene rings is 1. The minimum absolute atomic E-state index is 0.214. The summed E-state index contributed by atoms with van der Waals surface area (Å²) in [7, 11) is 0. The molecule has 0 saturated heterocycles. The van der Waals surface area contributed by atoms with Gasteiger partial charge in [-0.1, -0.05) is 37.3 Å². The Morgan fingerprint density at radius 3 is 2.57 bits per heavy atom. The van der Waals surface area contributed by atoms with Crippen LogP contribution in [0.15, 0.2) is 30.3 Å². The van der Waals surface area contributed by atoms with Crippen molar-refractivity contribution < 1.29 is 9.84 Å². The molecule has 2 heteroatoms. The van der Waals surface area contributed by atoms with Gasteiger partial charge in [0.2, 0.25) is 0 Å². The van der Waals surface area contributed by atoms with Gasteiger partial charge in [-0.25, -0.2) is 0 Å². The van der Waals surface area contributed by atoms with Crippen LogP contribution in [0.4, 0.5) is 0 Å². The highest BCUT2D eigenvalue weighted by Gasteiger charge is 2.03. The second kappa shape index (κ2) is 6.57. The number of aliphatic hydroxyl groups excluding tert-OH is 1. The van der Waals surface area contributed by atoms with Crippen molar-refractivity contribution in [3.05, 3.63) is 35.9 Å². The molecule has 1 unspecified atom stereocenters. The first-order chi connectivity index (χ1) is 6.86. The highest BCUT2D eigenvalue weighted by atomic mass is 16.5. The van der Waals surface area contributed by atoms with Gasteiger partial charge in [-0.2, -0.15) is 0 Å². The lowest BCUT2D eigenvalue weighted by molar-refractivity contribution is 0.0615. The van der Waals surface area contributed by atoms with Crippen molar-refractivity contribution in [2.75, 3.05) is 13.2 Å². The van der Waals surface area contributed by atoms with Gasteiger partial charge < -0.3 is 9.84 Å². The van der Waals surface area contributed by atoms with Crippen LogP contribution in [0.3, 0.4) is 0 Å². The molecule has 0 bridgehead atoms. The fourth-order valence-electron chi connectivity index (χ4n) is 1.22. The van der Waals surface area contributed by atoms with Crippen molar-refractivity contribution in [2.45, 2.75) is 20.0 Å². The van der Waals surface area contributed by atoms with Crippen molar-refractivity contribution in [1.29, 1.82) is 0 Å². The Morgan fingerprint density at radius 1 is 1.29 bits per heavy atom. The minimum atomic E-state index is 0.214. The van der Waals surface area contributed by atoms with Gasteiger partial charge >= 0.3 is 0 Å². The molecule has 1 atom stereocenters. The quantitative estimate of drug-likeness (QED) is 0.752. The topological polar surface area (TPSA) is 29.5 Å². The largest absolute Gasteiger partial charge is 0.396 e. The first kappa shape index (κ1) is 11.2. The number of hydrogen-bond acceptors (Lipinski definition) is 2. The van der Waals surface area contributed by atoms with Crippen LogP contribution < -0.4 is 0 Å². The van der Waals surface area contributed by atoms with E-state index in [9.17, 15) is 0 Å². The van der Waals surface area contributed by atoms with E-state index >= 15 is 0 Å². The van der Waals surface area contributed by atoms with Crippen molar-refractivity contribution in [3.63, 3.8) is 0 Å². The molecule has 0 saturated carbocycles. The Balaban J connectivity index is 2.21. The van der Waals surface area contributed by atoms with E-state index in [2.05, 4.69) is 6.92 Å². The first-order valence-corrected chi connectivity index (χ1v) is 5.09. The summed E-state index contributed by atoms with van der Waals surface area (Å²) in [4.78, 5) is 0. The summed E-state index contributed by atoms with van der Waals surface area (Å²) in [6, 6.07) is 10.1. The maximum absolute atomic E-state index is 8.94. The molecule has 1 aromatic carbocycles. The maximum atomic E-state index is 8.94. The van der Waals surface area contributed by atoms with Gasteiger partial charge in [0.1, 0.15) is 0 Å². The molecular formula is C12H18O2. The normalized spacial score (nSPS) is 12.7. The predicted octanol–water partition coefficient (Wildman–Crippen LogP) is 2.22. The second-order valence-corrected chi connectivity index (χ2v) is 3.46. The Labute approximate surface area is 85.5 Å². The first-order valence-electron chi connectivity index (χ1n) is 5.09. The van der Waals surface area contributed by atoms with Crippen molar-refractivity contribution in [2.24, 2.45) is 5.92 Å². The predicted molar refractivity (Wildman–Crippen MR) is 57.0 cm³/mol. The Morgan fingerprint density at radius 2 is 2.00 bits per heavy atom. The van der Waals surface area contributed by atoms with Crippen LogP contribution in [0.25, 0.3) is 0 Å². The minimum Gasteiger partial charge on any atom is -0.396 e. The molecular weight excluding hydrogens is 176 g/mol. The van der Waals surface area contributed by atoms with Crippen molar-refractivity contribution >= 4 is 0 Å². The lowest BCUT2D eigenvalue weighted by Crippen LogP contribution is -2.12. The monoisotopic (exact) mass is 194 g/mol. The maximum Gasteiger partial charge on any atom is 0.0717 e. The zero-order valence-electron chi connectivity index (χ0n) is 8.65. The van der Waals surface area contributed by atoms with Crippen LogP contribution in [0, 0.1) is 5.92 Å². The summed E-state index contributed by atoms with van der Waals surface area (Å²) >= 11 is 0. The lowest BCUT2D eigenvalue weighted by atomic mass is 10.1. The van der Waals surface area contributed by atoms with Crippen molar-refractivity contribution in [3.8, 4) is 0 Å². The summed E-state index contributed by atoms with van der Waals surface area (Å²) in [5.74, 6) is 0.277. The number of hydrogen-bond donors (Lipinski definition) is 1. The SMILES string of the molecule is CCC(CO)COCc1ccccc1. The van der Waals surface area contributed by atoms with Crippen LogP contribution in [-0.2, 0) is 11.3 Å². The van der Waals surface area contributed by atoms with Crippen LogP contribution in [-0.4, -0.2) is 18.3 Å². The van der Waals surface area contributed by atoms with Gasteiger partial charge in [0.05, 0.1) is 13.2 Å². The van der Waals surface area contributed by atoms with Gasteiger partial charge in [-0.05, 0) is 12.0 Å². The number of rotatable bonds is 6. The van der Waals surface area contributed by atoms with E-state index in [-0.39, 0.29) is 12.5 Å². The molecule has 0 aliphatic carbocycles. The van der Waals surface area contributed by atoms with Gasteiger partial charge in [0, 0.05) is 12.5 Å². The zero-order valence-corrected chi connectivity index (χ0v) is 8.65. The fraction of sp³-hybridized carbons (Fsp3) is 0.500. The van der Waals surface area contributed by atoms with E-state index in [0.29, 0.717) is 13.2 Å². The average Bonchev–Trinajstić information content (AvgIpc) is 2.26. The molecule has 1 rings (SSSR count). The molecule has 1 N–H and O–H groups in total. The van der Waals surface area contributed by atoms with E-state index in [1.807, 2.05) is 30.3 Å². The molecule has 0 aliphatic rings. The summed E-state index contributed by atoms with van der Waals surface area (Å²) in [5.41, 5.74) is 1.18. The Bertz CT molecular complexity index is 229. The van der Waals surface area contributed by atoms with Crippen LogP contribution >= 0.6 is 0 Å². The average molecular weight is 194 g/mol. The highest BCUT2D eigenvalue weighted by Crippen LogP contribution is 2.05. The molecule has 0 spiro atoms. The zero-order chi connectivity index (χ0) is 10.2. The third-order valence-corrected chi connectivity index (χ3v) is 2.30. The fourth-order valence-corrected chi connectivity index (χ4v) is 1.22. The number of ether oxygens (including phenoxy) is 1. The molecule has 0 aliphatic heterocycles. The van der Waals surface area contributed by atoms with E-state index < -0.39 is 0 Å². The third kappa shape index (κ3) is 3.90. The standard InChI is InChI=1S/C12H18O2/c1-2-11(8-13)9-14-10-12-6-4-3-5-7-12/h3-7,11,13H,2,8-10H2,1H3. The van der Waals surface area contributed by atoms with E-state index in [1.165, 1.54) is 5.56 Å². The van der Waals surface area contributed by atoms with Crippen LogP contribution in [0.1, 0.15) is 18.9 Å². The van der Waals surface area contributed by atoms with E-state index in [1.54, 1.807) is 0 Å². The number of aliphatic hydroxyl groups is 1. The molecule has 0 amide bonds. The Kier molecular flexibility index (Phi) is 5.27. The molecule has 0 aromatic heterocycles. The summed E-state index contributed by atoms with van der Waals surface area (Å²) in [5, 5.41) is 8.94. The third-order valence-electron chi connectivity index (χ3n) is 2.30.